The second kappa shape index (κ2) is 8.97. The summed E-state index contributed by atoms with van der Waals surface area (Å²) in [5.41, 5.74) is 4.06. The molecule has 0 aliphatic rings. The second-order valence-electron chi connectivity index (χ2n) is 5.12. The minimum Gasteiger partial charge on any atom is -0.343 e. The molecule has 0 unspecified atom stereocenters. The first-order chi connectivity index (χ1) is 12.8. The Hall–Kier alpha value is -3.17. The lowest BCUT2D eigenvalue weighted by Crippen LogP contribution is -2.46. The Bertz CT molecular complexity index is 919. The number of hydrogen-bond acceptors (Lipinski definition) is 5. The molecule has 0 bridgehead atoms. The molecule has 2 aromatic rings. The third-order valence-electron chi connectivity index (χ3n) is 3.22. The molecule has 0 saturated heterocycles. The summed E-state index contributed by atoms with van der Waals surface area (Å²) < 4.78 is 0. The van der Waals surface area contributed by atoms with Crippen LogP contribution in [0.1, 0.15) is 20.7 Å². The van der Waals surface area contributed by atoms with Gasteiger partial charge in [-0.2, -0.15) is 0 Å². The highest BCUT2D eigenvalue weighted by Crippen LogP contribution is 2.20. The zero-order valence-corrected chi connectivity index (χ0v) is 15.0. The lowest BCUT2D eigenvalue weighted by molar-refractivity contribution is -0.384. The first kappa shape index (κ1) is 20.1. The zero-order chi connectivity index (χ0) is 20.0. The standard InChI is InChI=1S/C16H12Cl2N4O5/c17-10-4-5-13(18)12(7-10)16(25)21-20-14(23)8-19-15(24)9-2-1-3-11(6-9)22(26)27/h1-7H,8H2,(H,19,24)(H,20,23)(H,21,25). The number of benzene rings is 2. The minimum atomic E-state index is -0.722. The highest BCUT2D eigenvalue weighted by Gasteiger charge is 2.14. The number of nitro groups is 1. The molecular weight excluding hydrogens is 399 g/mol. The predicted octanol–water partition coefficient (Wildman–Crippen LogP) is 2.09. The molecule has 3 amide bonds. The van der Waals surface area contributed by atoms with E-state index in [4.69, 9.17) is 23.2 Å². The SMILES string of the molecule is O=C(CNC(=O)c1cccc([N+](=O)[O-])c1)NNC(=O)c1cc(Cl)ccc1Cl. The van der Waals surface area contributed by atoms with Gasteiger partial charge in [0, 0.05) is 22.7 Å². The second-order valence-corrected chi connectivity index (χ2v) is 5.96. The largest absolute Gasteiger partial charge is 0.343 e. The number of carbonyl (C=O) groups is 3. The summed E-state index contributed by atoms with van der Waals surface area (Å²) >= 11 is 11.7. The average Bonchev–Trinajstić information content (AvgIpc) is 2.66. The van der Waals surface area contributed by atoms with Crippen LogP contribution in [0, 0.1) is 10.1 Å². The Balaban J connectivity index is 1.86. The van der Waals surface area contributed by atoms with Crippen LogP contribution in [0.25, 0.3) is 0 Å². The van der Waals surface area contributed by atoms with Crippen molar-refractivity contribution in [3.05, 3.63) is 73.8 Å². The number of carbonyl (C=O) groups excluding carboxylic acids is 3. The summed E-state index contributed by atoms with van der Waals surface area (Å²) in [5, 5.41) is 13.4. The average molecular weight is 411 g/mol. The van der Waals surface area contributed by atoms with Gasteiger partial charge in [-0.1, -0.05) is 29.3 Å². The van der Waals surface area contributed by atoms with Gasteiger partial charge in [-0.15, -0.1) is 0 Å². The molecule has 11 heteroatoms. The first-order valence-electron chi connectivity index (χ1n) is 7.35. The van der Waals surface area contributed by atoms with E-state index in [0.717, 1.165) is 6.07 Å². The molecule has 0 aliphatic heterocycles. The van der Waals surface area contributed by atoms with Crippen molar-refractivity contribution in [1.29, 1.82) is 0 Å². The van der Waals surface area contributed by atoms with Gasteiger partial charge < -0.3 is 5.32 Å². The molecule has 3 N–H and O–H groups in total. The lowest BCUT2D eigenvalue weighted by Gasteiger charge is -2.09. The van der Waals surface area contributed by atoms with Gasteiger partial charge in [-0.3, -0.25) is 35.3 Å². The third-order valence-corrected chi connectivity index (χ3v) is 3.78. The van der Waals surface area contributed by atoms with Crippen LogP contribution in [0.2, 0.25) is 10.0 Å². The number of rotatable bonds is 5. The van der Waals surface area contributed by atoms with E-state index < -0.39 is 29.2 Å². The molecule has 2 rings (SSSR count). The monoisotopic (exact) mass is 410 g/mol. The number of amides is 3. The van der Waals surface area contributed by atoms with Crippen molar-refractivity contribution in [3.63, 3.8) is 0 Å². The number of nitrogens with one attached hydrogen (secondary N) is 3. The van der Waals surface area contributed by atoms with E-state index in [-0.39, 0.29) is 21.8 Å². The molecule has 0 fully saturated rings. The summed E-state index contributed by atoms with van der Waals surface area (Å²) in [7, 11) is 0. The van der Waals surface area contributed by atoms with E-state index >= 15 is 0 Å². The van der Waals surface area contributed by atoms with E-state index in [9.17, 15) is 24.5 Å². The van der Waals surface area contributed by atoms with Crippen molar-refractivity contribution in [2.45, 2.75) is 0 Å². The maximum Gasteiger partial charge on any atom is 0.271 e. The molecule has 2 aromatic carbocycles. The van der Waals surface area contributed by atoms with Crippen LogP contribution in [0.4, 0.5) is 5.69 Å². The summed E-state index contributed by atoms with van der Waals surface area (Å²) in [5.74, 6) is -2.10. The Morgan fingerprint density at radius 3 is 2.44 bits per heavy atom. The van der Waals surface area contributed by atoms with E-state index in [1.807, 2.05) is 0 Å². The number of non-ortho nitro benzene ring substituents is 1. The fraction of sp³-hybridized carbons (Fsp3) is 0.0625. The van der Waals surface area contributed by atoms with E-state index in [1.54, 1.807) is 0 Å². The molecule has 0 radical (unpaired) electrons. The van der Waals surface area contributed by atoms with E-state index in [2.05, 4.69) is 16.2 Å². The normalized spacial score (nSPS) is 10.0. The van der Waals surface area contributed by atoms with Crippen LogP contribution in [0.5, 0.6) is 0 Å². The Morgan fingerprint density at radius 1 is 1.00 bits per heavy atom. The van der Waals surface area contributed by atoms with Crippen molar-refractivity contribution in [3.8, 4) is 0 Å². The number of halogens is 2. The van der Waals surface area contributed by atoms with Crippen molar-refractivity contribution < 1.29 is 19.3 Å². The van der Waals surface area contributed by atoms with Crippen molar-refractivity contribution in [2.75, 3.05) is 6.54 Å². The van der Waals surface area contributed by atoms with Gasteiger partial charge in [0.2, 0.25) is 0 Å². The molecule has 0 heterocycles. The van der Waals surface area contributed by atoms with Crippen LogP contribution in [-0.4, -0.2) is 29.2 Å². The predicted molar refractivity (Wildman–Crippen MR) is 97.5 cm³/mol. The summed E-state index contributed by atoms with van der Waals surface area (Å²) in [4.78, 5) is 45.7. The third kappa shape index (κ3) is 5.66. The molecule has 27 heavy (non-hydrogen) atoms. The molecule has 0 aromatic heterocycles. The summed E-state index contributed by atoms with van der Waals surface area (Å²) in [6.45, 7) is -0.467. The van der Waals surface area contributed by atoms with E-state index in [0.29, 0.717) is 5.02 Å². The van der Waals surface area contributed by atoms with Gasteiger partial charge in [0.25, 0.3) is 23.4 Å². The lowest BCUT2D eigenvalue weighted by atomic mass is 10.2. The molecule has 140 valence electrons. The number of hydrazine groups is 1. The summed E-state index contributed by atoms with van der Waals surface area (Å²) in [6.07, 6.45) is 0. The van der Waals surface area contributed by atoms with Gasteiger partial charge in [0.15, 0.2) is 0 Å². The Kier molecular flexibility index (Phi) is 6.69. The van der Waals surface area contributed by atoms with Crippen LogP contribution >= 0.6 is 23.2 Å². The zero-order valence-electron chi connectivity index (χ0n) is 13.5. The molecule has 9 nitrogen and oxygen atoms in total. The highest BCUT2D eigenvalue weighted by atomic mass is 35.5. The smallest absolute Gasteiger partial charge is 0.271 e. The summed E-state index contributed by atoms with van der Waals surface area (Å²) in [6, 6.07) is 9.29. The Morgan fingerprint density at radius 2 is 1.74 bits per heavy atom. The highest BCUT2D eigenvalue weighted by molar-refractivity contribution is 6.35. The van der Waals surface area contributed by atoms with Crippen LogP contribution in [0.15, 0.2) is 42.5 Å². The van der Waals surface area contributed by atoms with Gasteiger partial charge in [0.05, 0.1) is 22.1 Å². The topological polar surface area (TPSA) is 130 Å². The van der Waals surface area contributed by atoms with Crippen molar-refractivity contribution >= 4 is 46.6 Å². The quantitative estimate of drug-likeness (QED) is 0.512. The number of nitrogens with zero attached hydrogens (tertiary/aromatic N) is 1. The number of hydrogen-bond donors (Lipinski definition) is 3. The van der Waals surface area contributed by atoms with Gasteiger partial charge >= 0.3 is 0 Å². The molecule has 0 spiro atoms. The minimum absolute atomic E-state index is 0.0201. The first-order valence-corrected chi connectivity index (χ1v) is 8.10. The van der Waals surface area contributed by atoms with Gasteiger partial charge in [-0.05, 0) is 24.3 Å². The van der Waals surface area contributed by atoms with Crippen molar-refractivity contribution in [1.82, 2.24) is 16.2 Å². The van der Waals surface area contributed by atoms with Crippen LogP contribution in [0.3, 0.4) is 0 Å². The van der Waals surface area contributed by atoms with Gasteiger partial charge in [-0.25, -0.2) is 0 Å². The Labute approximate surface area is 162 Å². The molecule has 0 aliphatic carbocycles. The fourth-order valence-electron chi connectivity index (χ4n) is 1.93. The molecule has 0 saturated carbocycles. The van der Waals surface area contributed by atoms with Crippen molar-refractivity contribution in [2.24, 2.45) is 0 Å². The fourth-order valence-corrected chi connectivity index (χ4v) is 2.31. The number of nitro benzene ring substituents is 1. The van der Waals surface area contributed by atoms with E-state index in [1.165, 1.54) is 36.4 Å². The van der Waals surface area contributed by atoms with Crippen LogP contribution in [-0.2, 0) is 4.79 Å². The molecule has 0 atom stereocenters. The van der Waals surface area contributed by atoms with Gasteiger partial charge in [0.1, 0.15) is 0 Å². The molecular formula is C16H12Cl2N4O5. The maximum atomic E-state index is 12.0. The maximum absolute atomic E-state index is 12.0. The van der Waals surface area contributed by atoms with Crippen LogP contribution < -0.4 is 16.2 Å².